The molecule has 5 nitrogen and oxygen atoms in total. The molecule has 0 fully saturated rings. The van der Waals surface area contributed by atoms with Gasteiger partial charge in [0.25, 0.3) is 0 Å². The molecule has 5 heteroatoms. The minimum absolute atomic E-state index is 0.0777. The van der Waals surface area contributed by atoms with E-state index in [1.807, 2.05) is 0 Å². The summed E-state index contributed by atoms with van der Waals surface area (Å²) in [6, 6.07) is 0. The fourth-order valence-corrected chi connectivity index (χ4v) is 7.20. The summed E-state index contributed by atoms with van der Waals surface area (Å²) in [6.45, 7) is 3.94. The molecular formula is C61H100O5. The number of unbranched alkanes of at least 4 members (excludes halogenated alkanes) is 20. The average molecular weight is 913 g/mol. The molecule has 374 valence electrons. The second kappa shape index (κ2) is 55.6. The van der Waals surface area contributed by atoms with Crippen molar-refractivity contribution in [1.82, 2.24) is 0 Å². The number of allylic oxidation sites excluding steroid dienone is 20. The van der Waals surface area contributed by atoms with Gasteiger partial charge < -0.3 is 14.6 Å². The number of hydrogen-bond acceptors (Lipinski definition) is 5. The van der Waals surface area contributed by atoms with Gasteiger partial charge in [0, 0.05) is 12.8 Å². The second-order valence-electron chi connectivity index (χ2n) is 17.6. The highest BCUT2D eigenvalue weighted by Gasteiger charge is 2.16. The number of rotatable bonds is 48. The number of hydrogen-bond donors (Lipinski definition) is 1. The first-order valence-electron chi connectivity index (χ1n) is 27.1. The van der Waals surface area contributed by atoms with Crippen LogP contribution in [0.4, 0.5) is 0 Å². The third kappa shape index (κ3) is 52.9. The van der Waals surface area contributed by atoms with E-state index in [1.54, 1.807) is 0 Å². The van der Waals surface area contributed by atoms with Crippen LogP contribution in [-0.4, -0.2) is 36.4 Å². The van der Waals surface area contributed by atoms with Gasteiger partial charge in [-0.05, 0) is 103 Å². The molecule has 1 unspecified atom stereocenters. The van der Waals surface area contributed by atoms with Crippen LogP contribution < -0.4 is 0 Å². The Balaban J connectivity index is 3.53. The van der Waals surface area contributed by atoms with Crippen molar-refractivity contribution >= 4 is 11.9 Å². The van der Waals surface area contributed by atoms with E-state index < -0.39 is 6.10 Å². The number of carbonyl (C=O) groups is 2. The Morgan fingerprint density at radius 2 is 0.652 bits per heavy atom. The molecule has 0 saturated heterocycles. The fraction of sp³-hybridized carbons (Fsp3) is 0.639. The molecule has 0 saturated carbocycles. The SMILES string of the molecule is CC/C=C\C/C=C\C/C=C\C/C=C\C/C=C\C/C=C\C/C=C\C/C=C\CCCCCCCCCCCCCCCCC(=O)OC(CO)COC(=O)CCCCCCC/C=C\C/C=C\CCC. The van der Waals surface area contributed by atoms with E-state index in [0.29, 0.717) is 12.8 Å². The Hall–Kier alpha value is -3.70. The monoisotopic (exact) mass is 913 g/mol. The van der Waals surface area contributed by atoms with Crippen molar-refractivity contribution in [3.8, 4) is 0 Å². The largest absolute Gasteiger partial charge is 0.462 e. The Morgan fingerprint density at radius 3 is 0.985 bits per heavy atom. The van der Waals surface area contributed by atoms with Crippen LogP contribution in [0.3, 0.4) is 0 Å². The quantitative estimate of drug-likeness (QED) is 0.0374. The van der Waals surface area contributed by atoms with E-state index in [2.05, 4.69) is 135 Å². The number of aliphatic hydroxyl groups excluding tert-OH is 1. The van der Waals surface area contributed by atoms with E-state index in [0.717, 1.165) is 109 Å². The van der Waals surface area contributed by atoms with Crippen molar-refractivity contribution in [1.29, 1.82) is 0 Å². The van der Waals surface area contributed by atoms with E-state index in [4.69, 9.17) is 9.47 Å². The van der Waals surface area contributed by atoms with Crippen molar-refractivity contribution in [2.45, 2.75) is 238 Å². The zero-order chi connectivity index (χ0) is 47.7. The molecule has 0 amide bonds. The molecule has 1 N–H and O–H groups in total. The van der Waals surface area contributed by atoms with Crippen LogP contribution in [0, 0.1) is 0 Å². The predicted molar refractivity (Wildman–Crippen MR) is 288 cm³/mol. The molecule has 0 rings (SSSR count). The van der Waals surface area contributed by atoms with Crippen LogP contribution in [0.1, 0.15) is 232 Å². The smallest absolute Gasteiger partial charge is 0.306 e. The molecule has 1 atom stereocenters. The van der Waals surface area contributed by atoms with Crippen LogP contribution in [-0.2, 0) is 19.1 Å². The lowest BCUT2D eigenvalue weighted by atomic mass is 10.0. The van der Waals surface area contributed by atoms with Gasteiger partial charge in [0.1, 0.15) is 6.61 Å². The molecule has 0 bridgehead atoms. The third-order valence-corrected chi connectivity index (χ3v) is 11.2. The molecule has 0 aromatic carbocycles. The summed E-state index contributed by atoms with van der Waals surface area (Å²) >= 11 is 0. The van der Waals surface area contributed by atoms with Crippen molar-refractivity contribution in [2.75, 3.05) is 13.2 Å². The maximum atomic E-state index is 12.3. The maximum absolute atomic E-state index is 12.3. The number of aliphatic hydroxyl groups is 1. The number of ether oxygens (including phenoxy) is 2. The normalized spacial score (nSPS) is 13.2. The van der Waals surface area contributed by atoms with E-state index in [-0.39, 0.29) is 25.2 Å². The van der Waals surface area contributed by atoms with Crippen LogP contribution in [0.5, 0.6) is 0 Å². The highest BCUT2D eigenvalue weighted by molar-refractivity contribution is 5.70. The summed E-state index contributed by atoms with van der Waals surface area (Å²) < 4.78 is 10.6. The lowest BCUT2D eigenvalue weighted by Gasteiger charge is -2.15. The predicted octanol–water partition coefficient (Wildman–Crippen LogP) is 18.3. The molecule has 0 aliphatic rings. The lowest BCUT2D eigenvalue weighted by molar-refractivity contribution is -0.161. The van der Waals surface area contributed by atoms with E-state index in [1.165, 1.54) is 96.3 Å². The van der Waals surface area contributed by atoms with Gasteiger partial charge >= 0.3 is 11.9 Å². The van der Waals surface area contributed by atoms with Gasteiger partial charge in [-0.3, -0.25) is 9.59 Å². The van der Waals surface area contributed by atoms with Crippen LogP contribution in [0.25, 0.3) is 0 Å². The summed E-state index contributed by atoms with van der Waals surface area (Å²) in [5.41, 5.74) is 0. The average Bonchev–Trinajstić information content (AvgIpc) is 3.32. The summed E-state index contributed by atoms with van der Waals surface area (Å²) in [5.74, 6) is -0.612. The van der Waals surface area contributed by atoms with Gasteiger partial charge in [-0.1, -0.05) is 238 Å². The Morgan fingerprint density at radius 1 is 0.364 bits per heavy atom. The lowest BCUT2D eigenvalue weighted by Crippen LogP contribution is -2.28. The molecular weight excluding hydrogens is 813 g/mol. The minimum Gasteiger partial charge on any atom is -0.462 e. The molecule has 0 aromatic heterocycles. The van der Waals surface area contributed by atoms with Crippen molar-refractivity contribution in [3.05, 3.63) is 122 Å². The molecule has 0 aliphatic heterocycles. The molecule has 0 aliphatic carbocycles. The number of esters is 2. The summed E-state index contributed by atoms with van der Waals surface area (Å²) in [7, 11) is 0. The van der Waals surface area contributed by atoms with Gasteiger partial charge in [-0.15, -0.1) is 0 Å². The minimum atomic E-state index is -0.784. The fourth-order valence-electron chi connectivity index (χ4n) is 7.20. The standard InChI is InChI=1S/C61H100O5/c1-3-5-7-9-11-13-15-17-18-19-20-21-22-23-24-25-26-27-28-29-30-31-32-33-34-35-36-37-38-39-40-41-42-44-46-48-50-52-54-56-61(64)66-59(57-62)58-65-60(63)55-53-51-49-47-45-43-16-14-12-10-8-6-4-2/h5,7-8,10-11,13-14,16-18,20-21,23-24,26-27,29-30,32-33,59,62H,3-4,6,9,12,15,19,22,25,28,31,34-58H2,1-2H3/b7-5-,10-8-,13-11-,16-14-,18-17-,21-20-,24-23-,27-26-,30-29-,33-32-. The topological polar surface area (TPSA) is 72.8 Å². The van der Waals surface area contributed by atoms with Crippen LogP contribution in [0.15, 0.2) is 122 Å². The maximum Gasteiger partial charge on any atom is 0.306 e. The zero-order valence-electron chi connectivity index (χ0n) is 42.7. The summed E-state index contributed by atoms with van der Waals surface area (Å²) in [6.07, 6.45) is 81.7. The molecule has 0 spiro atoms. The highest BCUT2D eigenvalue weighted by atomic mass is 16.6. The first kappa shape index (κ1) is 62.3. The Bertz CT molecular complexity index is 1350. The van der Waals surface area contributed by atoms with Gasteiger partial charge in [0.15, 0.2) is 6.10 Å². The molecule has 0 heterocycles. The Labute approximate surface area is 407 Å². The third-order valence-electron chi connectivity index (χ3n) is 11.2. The first-order valence-corrected chi connectivity index (χ1v) is 27.1. The van der Waals surface area contributed by atoms with Gasteiger partial charge in [-0.2, -0.15) is 0 Å². The van der Waals surface area contributed by atoms with Crippen molar-refractivity contribution in [3.63, 3.8) is 0 Å². The van der Waals surface area contributed by atoms with Gasteiger partial charge in [-0.25, -0.2) is 0 Å². The van der Waals surface area contributed by atoms with Crippen LogP contribution in [0.2, 0.25) is 0 Å². The second-order valence-corrected chi connectivity index (χ2v) is 17.6. The van der Waals surface area contributed by atoms with Crippen LogP contribution >= 0.6 is 0 Å². The molecule has 0 aromatic rings. The Kier molecular flexibility index (Phi) is 52.5. The van der Waals surface area contributed by atoms with Crippen molar-refractivity contribution in [2.24, 2.45) is 0 Å². The van der Waals surface area contributed by atoms with E-state index >= 15 is 0 Å². The van der Waals surface area contributed by atoms with Crippen molar-refractivity contribution < 1.29 is 24.2 Å². The summed E-state index contributed by atoms with van der Waals surface area (Å²) in [5, 5.41) is 9.61. The molecule has 0 radical (unpaired) electrons. The number of carbonyl (C=O) groups excluding carboxylic acids is 2. The zero-order valence-corrected chi connectivity index (χ0v) is 42.7. The summed E-state index contributed by atoms with van der Waals surface area (Å²) in [4.78, 5) is 24.4. The van der Waals surface area contributed by atoms with Gasteiger partial charge in [0.05, 0.1) is 6.61 Å². The van der Waals surface area contributed by atoms with E-state index in [9.17, 15) is 14.7 Å². The van der Waals surface area contributed by atoms with Gasteiger partial charge in [0.2, 0.25) is 0 Å². The molecule has 66 heavy (non-hydrogen) atoms. The highest BCUT2D eigenvalue weighted by Crippen LogP contribution is 2.15. The first-order chi connectivity index (χ1) is 32.6.